The minimum absolute atomic E-state index is 0.0762. The Morgan fingerprint density at radius 3 is 2.00 bits per heavy atom. The molecule has 0 radical (unpaired) electrons. The second kappa shape index (κ2) is 28.7. The lowest BCUT2D eigenvalue weighted by Crippen LogP contribution is -2.32. The van der Waals surface area contributed by atoms with Crippen molar-refractivity contribution >= 4 is 17.9 Å². The number of ether oxygens (including phenoxy) is 6. The second-order valence-electron chi connectivity index (χ2n) is 9.01. The van der Waals surface area contributed by atoms with Gasteiger partial charge in [0.15, 0.2) is 0 Å². The van der Waals surface area contributed by atoms with Gasteiger partial charge in [-0.1, -0.05) is 0 Å². The molecule has 0 heterocycles. The first-order valence-electron chi connectivity index (χ1n) is 14.4. The van der Waals surface area contributed by atoms with Gasteiger partial charge in [0.05, 0.1) is 65.5 Å². The Kier molecular flexibility index (Phi) is 27.3. The number of hydrogen-bond donors (Lipinski definition) is 3. The van der Waals surface area contributed by atoms with Crippen molar-refractivity contribution in [1.29, 1.82) is 0 Å². The maximum atomic E-state index is 12.1. The van der Waals surface area contributed by atoms with Gasteiger partial charge in [0, 0.05) is 45.8 Å². The number of aliphatic hydroxyl groups excluding tert-OH is 1. The average molecular weight is 580 g/mol. The zero-order valence-corrected chi connectivity index (χ0v) is 24.6. The summed E-state index contributed by atoms with van der Waals surface area (Å²) in [7, 11) is 0. The summed E-state index contributed by atoms with van der Waals surface area (Å²) >= 11 is 0. The quantitative estimate of drug-likeness (QED) is 0.0627. The summed E-state index contributed by atoms with van der Waals surface area (Å²) in [6.07, 6.45) is 2.25. The molecule has 13 heteroatoms. The summed E-state index contributed by atoms with van der Waals surface area (Å²) in [5, 5.41) is 12.4. The van der Waals surface area contributed by atoms with Crippen molar-refractivity contribution in [3.05, 3.63) is 0 Å². The number of nitrogens with one attached hydrogen (secondary N) is 1. The Bertz CT molecular complexity index is 627. The van der Waals surface area contributed by atoms with Crippen LogP contribution in [0.5, 0.6) is 0 Å². The van der Waals surface area contributed by atoms with E-state index in [9.17, 15) is 19.5 Å². The molecule has 0 fully saturated rings. The first kappa shape index (κ1) is 38.1. The van der Waals surface area contributed by atoms with E-state index in [2.05, 4.69) is 5.32 Å². The summed E-state index contributed by atoms with van der Waals surface area (Å²) in [5.41, 5.74) is 5.38. The third-order valence-electron chi connectivity index (χ3n) is 5.49. The number of carbonyl (C=O) groups excluding carboxylic acids is 3. The van der Waals surface area contributed by atoms with E-state index < -0.39 is 6.10 Å². The third-order valence-corrected chi connectivity index (χ3v) is 5.49. The van der Waals surface area contributed by atoms with Crippen molar-refractivity contribution in [2.24, 2.45) is 5.73 Å². The molecule has 0 aromatic rings. The fourth-order valence-corrected chi connectivity index (χ4v) is 3.30. The molecule has 0 aliphatic carbocycles. The lowest BCUT2D eigenvalue weighted by molar-refractivity contribution is -0.150. The maximum absolute atomic E-state index is 12.1. The normalized spacial score (nSPS) is 11.9. The van der Waals surface area contributed by atoms with Crippen molar-refractivity contribution in [2.75, 3.05) is 98.7 Å². The third kappa shape index (κ3) is 26.4. The molecule has 4 N–H and O–H groups in total. The fraction of sp³-hybridized carbons (Fsp3) is 0.889. The van der Waals surface area contributed by atoms with Gasteiger partial charge in [-0.25, -0.2) is 0 Å². The van der Waals surface area contributed by atoms with Gasteiger partial charge in [0.2, 0.25) is 0 Å². The zero-order chi connectivity index (χ0) is 29.7. The number of esters is 3. The number of rotatable bonds is 29. The molecule has 0 aromatic carbocycles. The van der Waals surface area contributed by atoms with Gasteiger partial charge in [-0.3, -0.25) is 19.3 Å². The van der Waals surface area contributed by atoms with Crippen LogP contribution in [0, 0.1) is 0 Å². The van der Waals surface area contributed by atoms with Gasteiger partial charge in [-0.15, -0.1) is 0 Å². The predicted octanol–water partition coefficient (Wildman–Crippen LogP) is 0.257. The van der Waals surface area contributed by atoms with Gasteiger partial charge in [-0.05, 0) is 39.8 Å². The van der Waals surface area contributed by atoms with Gasteiger partial charge in [-0.2, -0.15) is 0 Å². The highest BCUT2D eigenvalue weighted by Gasteiger charge is 2.14. The Morgan fingerprint density at radius 1 is 0.775 bits per heavy atom. The molecular weight excluding hydrogens is 526 g/mol. The van der Waals surface area contributed by atoms with Crippen LogP contribution in [0.3, 0.4) is 0 Å². The van der Waals surface area contributed by atoms with Crippen LogP contribution in [0.1, 0.15) is 52.4 Å². The van der Waals surface area contributed by atoms with E-state index >= 15 is 0 Å². The molecule has 13 nitrogen and oxygen atoms in total. The van der Waals surface area contributed by atoms with Crippen LogP contribution >= 0.6 is 0 Å². The Hall–Kier alpha value is -1.87. The number of nitrogens with two attached hydrogens (primary N) is 1. The first-order chi connectivity index (χ1) is 19.4. The standard InChI is InChI=1S/C27H53N3O10/c1-3-38-26(33)7-13-30(15-16-31)14-8-27(34)40-24(2)9-19-39-25(32)6-12-29-11-5-18-36-21-23-37-22-20-35-17-4-10-28/h24,29,31H,3-23,28H2,1-2H3. The van der Waals surface area contributed by atoms with Crippen LogP contribution < -0.4 is 11.1 Å². The van der Waals surface area contributed by atoms with Gasteiger partial charge >= 0.3 is 17.9 Å². The van der Waals surface area contributed by atoms with Crippen LogP contribution in [0.2, 0.25) is 0 Å². The van der Waals surface area contributed by atoms with E-state index in [1.165, 1.54) is 0 Å². The molecule has 0 spiro atoms. The van der Waals surface area contributed by atoms with E-state index in [1.54, 1.807) is 13.8 Å². The molecular formula is C27H53N3O10. The van der Waals surface area contributed by atoms with Crippen LogP contribution in [0.15, 0.2) is 0 Å². The molecule has 1 unspecified atom stereocenters. The van der Waals surface area contributed by atoms with E-state index in [1.807, 2.05) is 4.90 Å². The highest BCUT2D eigenvalue weighted by Crippen LogP contribution is 2.03. The largest absolute Gasteiger partial charge is 0.466 e. The smallest absolute Gasteiger partial charge is 0.307 e. The second-order valence-corrected chi connectivity index (χ2v) is 9.01. The van der Waals surface area contributed by atoms with Gasteiger partial charge in [0.1, 0.15) is 6.10 Å². The zero-order valence-electron chi connectivity index (χ0n) is 24.6. The molecule has 1 atom stereocenters. The minimum Gasteiger partial charge on any atom is -0.466 e. The topological polar surface area (TPSA) is 168 Å². The molecule has 0 aliphatic rings. The molecule has 40 heavy (non-hydrogen) atoms. The average Bonchev–Trinajstić information content (AvgIpc) is 2.92. The van der Waals surface area contributed by atoms with Crippen LogP contribution in [-0.2, 0) is 42.8 Å². The van der Waals surface area contributed by atoms with Crippen molar-refractivity contribution in [2.45, 2.75) is 58.5 Å². The monoisotopic (exact) mass is 579 g/mol. The van der Waals surface area contributed by atoms with Crippen molar-refractivity contribution in [1.82, 2.24) is 10.2 Å². The number of aliphatic hydroxyl groups is 1. The highest BCUT2D eigenvalue weighted by molar-refractivity contribution is 5.70. The van der Waals surface area contributed by atoms with Crippen LogP contribution in [0.4, 0.5) is 0 Å². The Balaban J connectivity index is 3.66. The Morgan fingerprint density at radius 2 is 1.38 bits per heavy atom. The Labute approximate surface area is 239 Å². The molecule has 0 aromatic heterocycles. The van der Waals surface area contributed by atoms with E-state index in [0.717, 1.165) is 19.4 Å². The number of carbonyl (C=O) groups is 3. The van der Waals surface area contributed by atoms with Crippen molar-refractivity contribution < 1.29 is 47.9 Å². The fourth-order valence-electron chi connectivity index (χ4n) is 3.30. The number of nitrogens with zero attached hydrogens (tertiary/aromatic N) is 1. The lowest BCUT2D eigenvalue weighted by Gasteiger charge is -2.21. The molecule has 0 saturated carbocycles. The predicted molar refractivity (Wildman–Crippen MR) is 149 cm³/mol. The van der Waals surface area contributed by atoms with Gasteiger partial charge < -0.3 is 44.6 Å². The summed E-state index contributed by atoms with van der Waals surface area (Å²) < 4.78 is 31.7. The molecule has 0 bridgehead atoms. The first-order valence-corrected chi connectivity index (χ1v) is 14.4. The molecule has 0 aliphatic heterocycles. The molecule has 0 amide bonds. The molecule has 0 rings (SSSR count). The van der Waals surface area contributed by atoms with Gasteiger partial charge in [0.25, 0.3) is 0 Å². The molecule has 236 valence electrons. The summed E-state index contributed by atoms with van der Waals surface area (Å²) in [5.74, 6) is -1.01. The maximum Gasteiger partial charge on any atom is 0.307 e. The minimum atomic E-state index is -0.399. The van der Waals surface area contributed by atoms with E-state index in [4.69, 9.17) is 34.2 Å². The SMILES string of the molecule is CCOC(=O)CCN(CCO)CCC(=O)OC(C)CCOC(=O)CCNCCCOCCOCCOCCCN. The van der Waals surface area contributed by atoms with Crippen LogP contribution in [0.25, 0.3) is 0 Å². The lowest BCUT2D eigenvalue weighted by atomic mass is 10.3. The summed E-state index contributed by atoms with van der Waals surface area (Å²) in [6, 6.07) is 0. The summed E-state index contributed by atoms with van der Waals surface area (Å²) in [6.45, 7) is 10.3. The van der Waals surface area contributed by atoms with Crippen molar-refractivity contribution in [3.8, 4) is 0 Å². The van der Waals surface area contributed by atoms with E-state index in [0.29, 0.717) is 85.4 Å². The number of hydrogen-bond acceptors (Lipinski definition) is 13. The summed E-state index contributed by atoms with van der Waals surface area (Å²) in [4.78, 5) is 37.3. The van der Waals surface area contributed by atoms with E-state index in [-0.39, 0.29) is 50.4 Å². The molecule has 0 saturated heterocycles. The van der Waals surface area contributed by atoms with Crippen molar-refractivity contribution in [3.63, 3.8) is 0 Å². The highest BCUT2D eigenvalue weighted by atomic mass is 16.6. The van der Waals surface area contributed by atoms with Crippen LogP contribution in [-0.4, -0.2) is 133 Å².